The van der Waals surface area contributed by atoms with Crippen LogP contribution in [0.25, 0.3) is 0 Å². The van der Waals surface area contributed by atoms with Gasteiger partial charge in [0.2, 0.25) is 5.84 Å². The number of anilines is 2. The minimum absolute atomic E-state index is 0.0543. The van der Waals surface area contributed by atoms with Crippen LogP contribution in [0.2, 0.25) is 0 Å². The van der Waals surface area contributed by atoms with Gasteiger partial charge in [0, 0.05) is 6.42 Å². The summed E-state index contributed by atoms with van der Waals surface area (Å²) in [4.78, 5) is 29.1. The lowest BCUT2D eigenvalue weighted by Gasteiger charge is -2.30. The van der Waals surface area contributed by atoms with Crippen molar-refractivity contribution in [1.82, 2.24) is 10.6 Å². The van der Waals surface area contributed by atoms with Crippen LogP contribution < -0.4 is 15.8 Å². The highest BCUT2D eigenvalue weighted by atomic mass is 16.5. The summed E-state index contributed by atoms with van der Waals surface area (Å²) < 4.78 is 5.17. The van der Waals surface area contributed by atoms with Crippen LogP contribution in [0.15, 0.2) is 39.8 Å². The fourth-order valence-corrected chi connectivity index (χ4v) is 2.49. The largest absolute Gasteiger partial charge is 0.359 e. The van der Waals surface area contributed by atoms with E-state index in [0.717, 1.165) is 0 Å². The summed E-state index contributed by atoms with van der Waals surface area (Å²) in [5, 5.41) is 7.95. The fraction of sp³-hybridized carbons (Fsp3) is 0.294. The lowest BCUT2D eigenvalue weighted by Crippen LogP contribution is -2.57. The van der Waals surface area contributed by atoms with Gasteiger partial charge in [-0.05, 0) is 26.0 Å². The van der Waals surface area contributed by atoms with E-state index in [2.05, 4.69) is 20.9 Å². The summed E-state index contributed by atoms with van der Waals surface area (Å²) in [6.07, 6.45) is 0.599. The molecule has 1 aromatic carbocycles. The van der Waals surface area contributed by atoms with Crippen molar-refractivity contribution in [2.24, 2.45) is 4.99 Å². The first kappa shape index (κ1) is 16.7. The van der Waals surface area contributed by atoms with E-state index in [0.29, 0.717) is 29.2 Å². The van der Waals surface area contributed by atoms with E-state index in [-0.39, 0.29) is 11.7 Å². The molecule has 1 aromatic heterocycles. The Morgan fingerprint density at radius 1 is 1.36 bits per heavy atom. The molecule has 2 aromatic rings. The number of aliphatic imine (C=N–C) groups is 1. The fourth-order valence-electron chi connectivity index (χ4n) is 2.49. The number of aromatic nitrogens is 1. The third kappa shape index (κ3) is 3.23. The first-order chi connectivity index (χ1) is 12.0. The topological polar surface area (TPSA) is 99.8 Å². The summed E-state index contributed by atoms with van der Waals surface area (Å²) in [5.74, 6) is -0.0515. The number of amidine groups is 1. The molecule has 0 saturated carbocycles. The summed E-state index contributed by atoms with van der Waals surface area (Å²) in [6.45, 7) is 5.30. The Hall–Kier alpha value is -3.16. The molecule has 0 spiro atoms. The molecule has 2 amide bonds. The Morgan fingerprint density at radius 2 is 2.08 bits per heavy atom. The second-order valence-electron chi connectivity index (χ2n) is 5.65. The molecule has 25 heavy (non-hydrogen) atoms. The number of amides is 2. The minimum atomic E-state index is -0.670. The standard InChI is InChI=1S/C17H19N5O3/c1-4-13-14(10(2)21-25-13)19-16(23)15-18-11(3)17(24)22(20-15)12-8-6-5-7-9-12/h5-9,11H,4H2,1-3H3,(H,18,20)(H,19,23). The Kier molecular flexibility index (Phi) is 4.51. The zero-order chi connectivity index (χ0) is 18.0. The van der Waals surface area contributed by atoms with Gasteiger partial charge in [-0.2, -0.15) is 0 Å². The van der Waals surface area contributed by atoms with Gasteiger partial charge in [-0.25, -0.2) is 10.0 Å². The lowest BCUT2D eigenvalue weighted by molar-refractivity contribution is -0.120. The van der Waals surface area contributed by atoms with Gasteiger partial charge in [-0.1, -0.05) is 30.3 Å². The molecule has 1 atom stereocenters. The van der Waals surface area contributed by atoms with Gasteiger partial charge in [-0.3, -0.25) is 15.0 Å². The van der Waals surface area contributed by atoms with Crippen molar-refractivity contribution in [3.05, 3.63) is 41.8 Å². The van der Waals surface area contributed by atoms with Gasteiger partial charge in [0.25, 0.3) is 11.8 Å². The normalized spacial score (nSPS) is 17.1. The van der Waals surface area contributed by atoms with Crippen molar-refractivity contribution in [1.29, 1.82) is 0 Å². The Balaban J connectivity index is 1.84. The van der Waals surface area contributed by atoms with Crippen molar-refractivity contribution < 1.29 is 14.1 Å². The molecule has 0 saturated heterocycles. The third-order valence-electron chi connectivity index (χ3n) is 3.84. The Morgan fingerprint density at radius 3 is 2.76 bits per heavy atom. The van der Waals surface area contributed by atoms with Gasteiger partial charge < -0.3 is 9.84 Å². The molecule has 1 aliphatic rings. The van der Waals surface area contributed by atoms with Crippen molar-refractivity contribution in [3.8, 4) is 0 Å². The zero-order valence-electron chi connectivity index (χ0n) is 14.2. The molecule has 0 radical (unpaired) electrons. The van der Waals surface area contributed by atoms with Crippen LogP contribution >= 0.6 is 0 Å². The summed E-state index contributed by atoms with van der Waals surface area (Å²) in [5.41, 5.74) is 4.55. The Labute approximate surface area is 144 Å². The highest BCUT2D eigenvalue weighted by molar-refractivity contribution is 6.43. The number of hydrogen-bond donors (Lipinski definition) is 2. The molecule has 1 unspecified atom stereocenters. The molecule has 2 N–H and O–H groups in total. The molecule has 0 fully saturated rings. The van der Waals surface area contributed by atoms with Crippen molar-refractivity contribution in [2.75, 3.05) is 10.3 Å². The summed E-state index contributed by atoms with van der Waals surface area (Å²) >= 11 is 0. The molecule has 130 valence electrons. The number of hydrogen-bond acceptors (Lipinski definition) is 6. The van der Waals surface area contributed by atoms with Crippen LogP contribution in [-0.2, 0) is 16.0 Å². The zero-order valence-corrected chi connectivity index (χ0v) is 14.2. The lowest BCUT2D eigenvalue weighted by atomic mass is 10.2. The maximum atomic E-state index is 12.6. The second kappa shape index (κ2) is 6.76. The number of nitrogens with zero attached hydrogens (tertiary/aromatic N) is 3. The molecule has 3 rings (SSSR count). The van der Waals surface area contributed by atoms with Gasteiger partial charge in [0.15, 0.2) is 5.76 Å². The smallest absolute Gasteiger partial charge is 0.292 e. The van der Waals surface area contributed by atoms with E-state index in [1.54, 1.807) is 26.0 Å². The van der Waals surface area contributed by atoms with Crippen LogP contribution in [0.3, 0.4) is 0 Å². The number of aryl methyl sites for hydroxylation is 2. The first-order valence-electron chi connectivity index (χ1n) is 8.01. The predicted molar refractivity (Wildman–Crippen MR) is 93.2 cm³/mol. The molecule has 8 nitrogen and oxygen atoms in total. The van der Waals surface area contributed by atoms with E-state index in [9.17, 15) is 9.59 Å². The highest BCUT2D eigenvalue weighted by Crippen LogP contribution is 2.21. The van der Waals surface area contributed by atoms with E-state index in [4.69, 9.17) is 4.52 Å². The van der Waals surface area contributed by atoms with Crippen LogP contribution in [-0.4, -0.2) is 28.8 Å². The van der Waals surface area contributed by atoms with Gasteiger partial charge in [0.05, 0.1) is 5.69 Å². The first-order valence-corrected chi connectivity index (χ1v) is 8.01. The molecule has 0 bridgehead atoms. The van der Waals surface area contributed by atoms with Crippen molar-refractivity contribution >= 4 is 29.0 Å². The Bertz CT molecular complexity index is 828. The summed E-state index contributed by atoms with van der Waals surface area (Å²) in [7, 11) is 0. The monoisotopic (exact) mass is 341 g/mol. The molecular weight excluding hydrogens is 322 g/mol. The number of carbonyl (C=O) groups excluding carboxylic acids is 2. The second-order valence-corrected chi connectivity index (χ2v) is 5.65. The van der Waals surface area contributed by atoms with Crippen LogP contribution in [0.1, 0.15) is 25.3 Å². The SMILES string of the molecule is CCc1onc(C)c1NC(=O)C1=NC(C)C(=O)N(c2ccccc2)N1. The predicted octanol–water partition coefficient (Wildman–Crippen LogP) is 1.82. The van der Waals surface area contributed by atoms with Crippen LogP contribution in [0.5, 0.6) is 0 Å². The third-order valence-corrected chi connectivity index (χ3v) is 3.84. The number of carbonyl (C=O) groups is 2. The molecule has 8 heteroatoms. The van der Waals surface area contributed by atoms with Gasteiger partial charge in [-0.15, -0.1) is 0 Å². The van der Waals surface area contributed by atoms with E-state index >= 15 is 0 Å². The van der Waals surface area contributed by atoms with E-state index in [1.807, 2.05) is 25.1 Å². The molecule has 0 aliphatic carbocycles. The van der Waals surface area contributed by atoms with Crippen LogP contribution in [0, 0.1) is 6.92 Å². The van der Waals surface area contributed by atoms with Gasteiger partial charge in [0.1, 0.15) is 17.4 Å². The molecule has 2 heterocycles. The highest BCUT2D eigenvalue weighted by Gasteiger charge is 2.31. The average Bonchev–Trinajstić information content (AvgIpc) is 2.97. The van der Waals surface area contributed by atoms with Crippen LogP contribution in [0.4, 0.5) is 11.4 Å². The maximum absolute atomic E-state index is 12.6. The summed E-state index contributed by atoms with van der Waals surface area (Å²) in [6, 6.07) is 8.36. The minimum Gasteiger partial charge on any atom is -0.359 e. The average molecular weight is 341 g/mol. The quantitative estimate of drug-likeness (QED) is 0.883. The van der Waals surface area contributed by atoms with Crippen molar-refractivity contribution in [3.63, 3.8) is 0 Å². The number of benzene rings is 1. The van der Waals surface area contributed by atoms with Crippen molar-refractivity contribution in [2.45, 2.75) is 33.2 Å². The molecular formula is C17H19N5O3. The number of nitrogens with one attached hydrogen (secondary N) is 2. The number of hydrazine groups is 1. The van der Waals surface area contributed by atoms with E-state index < -0.39 is 11.9 Å². The molecule has 1 aliphatic heterocycles. The number of rotatable bonds is 4. The van der Waals surface area contributed by atoms with Gasteiger partial charge >= 0.3 is 0 Å². The number of para-hydroxylation sites is 1. The van der Waals surface area contributed by atoms with E-state index in [1.165, 1.54) is 5.01 Å². The maximum Gasteiger partial charge on any atom is 0.292 e.